The molecule has 5 nitrogen and oxygen atoms in total. The first kappa shape index (κ1) is 17.9. The molecule has 1 aromatic rings. The molecular weight excluding hydrogens is 314 g/mol. The molecule has 2 rings (SSSR count). The number of carbonyl (C=O) groups excluding carboxylic acids is 1. The highest BCUT2D eigenvalue weighted by molar-refractivity contribution is 7.85. The Hall–Kier alpha value is -1.40. The molecule has 0 saturated carbocycles. The minimum Gasteiger partial charge on any atom is -0.339 e. The zero-order valence-corrected chi connectivity index (χ0v) is 14.8. The van der Waals surface area contributed by atoms with Crippen molar-refractivity contribution in [2.24, 2.45) is 5.92 Å². The van der Waals surface area contributed by atoms with E-state index >= 15 is 0 Å². The van der Waals surface area contributed by atoms with Gasteiger partial charge in [0.25, 0.3) is 10.1 Å². The Bertz CT molecular complexity index is 629. The molecule has 0 aliphatic carbocycles. The first-order valence-corrected chi connectivity index (χ1v) is 9.85. The molecule has 1 aliphatic heterocycles. The molecule has 1 saturated heterocycles. The van der Waals surface area contributed by atoms with Gasteiger partial charge in [0, 0.05) is 18.5 Å². The SMILES string of the molecule is CC[C@H]([C@H](C)c1ccccc1)N1CC[C@H](COS(C)(=O)=O)C1=O. The second-order valence-corrected chi connectivity index (χ2v) is 7.82. The number of hydrogen-bond donors (Lipinski definition) is 0. The lowest BCUT2D eigenvalue weighted by atomic mass is 9.90. The average molecular weight is 339 g/mol. The molecule has 6 heteroatoms. The zero-order valence-electron chi connectivity index (χ0n) is 13.9. The van der Waals surface area contributed by atoms with E-state index in [2.05, 4.69) is 26.0 Å². The molecule has 0 spiro atoms. The normalized spacial score (nSPS) is 21.4. The number of hydrogen-bond acceptors (Lipinski definition) is 4. The van der Waals surface area contributed by atoms with Crippen molar-refractivity contribution in [1.82, 2.24) is 4.90 Å². The highest BCUT2D eigenvalue weighted by atomic mass is 32.2. The summed E-state index contributed by atoms with van der Waals surface area (Å²) >= 11 is 0. The van der Waals surface area contributed by atoms with E-state index in [9.17, 15) is 13.2 Å². The fourth-order valence-corrected chi connectivity index (χ4v) is 3.69. The predicted octanol–water partition coefficient (Wildman–Crippen LogP) is 2.39. The minimum absolute atomic E-state index is 0.00304. The van der Waals surface area contributed by atoms with Gasteiger partial charge in [0.05, 0.1) is 18.8 Å². The Morgan fingerprint density at radius 1 is 1.30 bits per heavy atom. The van der Waals surface area contributed by atoms with E-state index in [-0.39, 0.29) is 30.4 Å². The summed E-state index contributed by atoms with van der Waals surface area (Å²) in [6.45, 7) is 4.82. The number of likely N-dealkylation sites (tertiary alicyclic amines) is 1. The van der Waals surface area contributed by atoms with Crippen LogP contribution < -0.4 is 0 Å². The van der Waals surface area contributed by atoms with Gasteiger partial charge in [-0.1, -0.05) is 44.2 Å². The molecule has 1 aliphatic rings. The third-order valence-electron chi connectivity index (χ3n) is 4.56. The number of carbonyl (C=O) groups is 1. The van der Waals surface area contributed by atoms with Gasteiger partial charge in [-0.25, -0.2) is 0 Å². The molecule has 3 atom stereocenters. The van der Waals surface area contributed by atoms with Crippen molar-refractivity contribution in [3.63, 3.8) is 0 Å². The predicted molar refractivity (Wildman–Crippen MR) is 89.6 cm³/mol. The molecule has 0 unspecified atom stereocenters. The maximum atomic E-state index is 12.6. The quantitative estimate of drug-likeness (QED) is 0.716. The third kappa shape index (κ3) is 4.54. The second kappa shape index (κ2) is 7.45. The van der Waals surface area contributed by atoms with Crippen molar-refractivity contribution in [1.29, 1.82) is 0 Å². The van der Waals surface area contributed by atoms with E-state index in [0.717, 1.165) is 12.7 Å². The van der Waals surface area contributed by atoms with Crippen LogP contribution >= 0.6 is 0 Å². The fourth-order valence-electron chi connectivity index (χ4n) is 3.28. The Morgan fingerprint density at radius 2 is 1.96 bits per heavy atom. The molecule has 1 heterocycles. The van der Waals surface area contributed by atoms with Crippen molar-refractivity contribution in [3.8, 4) is 0 Å². The Balaban J connectivity index is 2.06. The Morgan fingerprint density at radius 3 is 2.52 bits per heavy atom. The van der Waals surface area contributed by atoms with E-state index < -0.39 is 10.1 Å². The van der Waals surface area contributed by atoms with E-state index in [1.807, 2.05) is 23.1 Å². The summed E-state index contributed by atoms with van der Waals surface area (Å²) < 4.78 is 27.0. The topological polar surface area (TPSA) is 63.7 Å². The van der Waals surface area contributed by atoms with Crippen LogP contribution in [0.1, 0.15) is 38.2 Å². The molecule has 0 bridgehead atoms. The molecular formula is C17H25NO4S. The van der Waals surface area contributed by atoms with E-state index in [4.69, 9.17) is 4.18 Å². The maximum Gasteiger partial charge on any atom is 0.264 e. The number of benzene rings is 1. The molecule has 1 amide bonds. The van der Waals surface area contributed by atoms with Gasteiger partial charge in [-0.3, -0.25) is 8.98 Å². The lowest BCUT2D eigenvalue weighted by Gasteiger charge is -2.32. The van der Waals surface area contributed by atoms with Gasteiger partial charge in [-0.15, -0.1) is 0 Å². The largest absolute Gasteiger partial charge is 0.339 e. The van der Waals surface area contributed by atoms with E-state index in [1.165, 1.54) is 5.56 Å². The first-order chi connectivity index (χ1) is 10.8. The van der Waals surface area contributed by atoms with Gasteiger partial charge in [0.1, 0.15) is 0 Å². The summed E-state index contributed by atoms with van der Waals surface area (Å²) in [6, 6.07) is 10.3. The van der Waals surface area contributed by atoms with Crippen molar-refractivity contribution in [2.45, 2.75) is 38.6 Å². The number of amides is 1. The van der Waals surface area contributed by atoms with Crippen LogP contribution in [-0.4, -0.2) is 44.7 Å². The van der Waals surface area contributed by atoms with Gasteiger partial charge < -0.3 is 4.90 Å². The monoisotopic (exact) mass is 339 g/mol. The van der Waals surface area contributed by atoms with Crippen LogP contribution in [-0.2, 0) is 19.1 Å². The van der Waals surface area contributed by atoms with Crippen molar-refractivity contribution < 1.29 is 17.4 Å². The van der Waals surface area contributed by atoms with Crippen molar-refractivity contribution in [2.75, 3.05) is 19.4 Å². The lowest BCUT2D eigenvalue weighted by Crippen LogP contribution is -2.41. The zero-order chi connectivity index (χ0) is 17.0. The van der Waals surface area contributed by atoms with Crippen LogP contribution in [0.4, 0.5) is 0 Å². The van der Waals surface area contributed by atoms with E-state index in [0.29, 0.717) is 13.0 Å². The number of nitrogens with zero attached hydrogens (tertiary/aromatic N) is 1. The molecule has 128 valence electrons. The fraction of sp³-hybridized carbons (Fsp3) is 0.588. The Labute approximate surface area is 138 Å². The summed E-state index contributed by atoms with van der Waals surface area (Å²) in [5, 5.41) is 0. The van der Waals surface area contributed by atoms with Crippen LogP contribution in [0.25, 0.3) is 0 Å². The lowest BCUT2D eigenvalue weighted by molar-refractivity contribution is -0.134. The van der Waals surface area contributed by atoms with Gasteiger partial charge in [0.2, 0.25) is 5.91 Å². The third-order valence-corrected chi connectivity index (χ3v) is 5.12. The highest BCUT2D eigenvalue weighted by Crippen LogP contribution is 2.30. The molecule has 1 fully saturated rings. The second-order valence-electron chi connectivity index (χ2n) is 6.18. The van der Waals surface area contributed by atoms with E-state index in [1.54, 1.807) is 0 Å². The van der Waals surface area contributed by atoms with Crippen LogP contribution in [0.3, 0.4) is 0 Å². The van der Waals surface area contributed by atoms with Gasteiger partial charge in [-0.05, 0) is 18.4 Å². The summed E-state index contributed by atoms with van der Waals surface area (Å²) in [4.78, 5) is 14.5. The molecule has 0 aromatic heterocycles. The standard InChI is InChI=1S/C17H25NO4S/c1-4-16(13(2)14-8-6-5-7-9-14)18-11-10-15(17(18)19)12-22-23(3,20)21/h5-9,13,15-16H,4,10-12H2,1-3H3/t13-,15-,16-/m1/s1. The summed E-state index contributed by atoms with van der Waals surface area (Å²) in [5.74, 6) is -0.121. The highest BCUT2D eigenvalue weighted by Gasteiger charge is 2.38. The molecule has 23 heavy (non-hydrogen) atoms. The molecule has 0 N–H and O–H groups in total. The summed E-state index contributed by atoms with van der Waals surface area (Å²) in [7, 11) is -3.51. The van der Waals surface area contributed by atoms with Gasteiger partial charge >= 0.3 is 0 Å². The van der Waals surface area contributed by atoms with Crippen LogP contribution in [0.5, 0.6) is 0 Å². The van der Waals surface area contributed by atoms with Gasteiger partial charge in [-0.2, -0.15) is 8.42 Å². The average Bonchev–Trinajstić information content (AvgIpc) is 2.87. The van der Waals surface area contributed by atoms with Gasteiger partial charge in [0.15, 0.2) is 0 Å². The molecule has 0 radical (unpaired) electrons. The maximum absolute atomic E-state index is 12.6. The number of rotatable bonds is 7. The smallest absolute Gasteiger partial charge is 0.264 e. The summed E-state index contributed by atoms with van der Waals surface area (Å²) in [6.07, 6.45) is 2.52. The van der Waals surface area contributed by atoms with Crippen molar-refractivity contribution in [3.05, 3.63) is 35.9 Å². The van der Waals surface area contributed by atoms with Crippen LogP contribution in [0.15, 0.2) is 30.3 Å². The Kier molecular flexibility index (Phi) is 5.81. The van der Waals surface area contributed by atoms with Crippen LogP contribution in [0, 0.1) is 5.92 Å². The first-order valence-electron chi connectivity index (χ1n) is 8.03. The van der Waals surface area contributed by atoms with Crippen LogP contribution in [0.2, 0.25) is 0 Å². The molecule has 1 aromatic carbocycles. The summed E-state index contributed by atoms with van der Waals surface area (Å²) in [5.41, 5.74) is 1.21. The van der Waals surface area contributed by atoms with Crippen molar-refractivity contribution >= 4 is 16.0 Å². The minimum atomic E-state index is -3.51.